The van der Waals surface area contributed by atoms with Crippen LogP contribution in [0.4, 0.5) is 0 Å². The molecule has 0 aromatic heterocycles. The number of benzene rings is 1. The lowest BCUT2D eigenvalue weighted by Crippen LogP contribution is -3.16. The van der Waals surface area contributed by atoms with Gasteiger partial charge < -0.3 is 15.1 Å². The minimum atomic E-state index is -0.243. The van der Waals surface area contributed by atoms with Crippen LogP contribution >= 0.6 is 11.6 Å². The van der Waals surface area contributed by atoms with Crippen molar-refractivity contribution in [3.8, 4) is 0 Å². The maximum absolute atomic E-state index is 13.1. The van der Waals surface area contributed by atoms with E-state index in [2.05, 4.69) is 5.32 Å². The minimum absolute atomic E-state index is 0.101. The first-order chi connectivity index (χ1) is 12.2. The Kier molecular flexibility index (Phi) is 6.32. The Hall–Kier alpha value is -1.59. The van der Waals surface area contributed by atoms with Crippen LogP contribution in [0, 0.1) is 0 Å². The van der Waals surface area contributed by atoms with Crippen molar-refractivity contribution >= 4 is 23.9 Å². The summed E-state index contributed by atoms with van der Waals surface area (Å²) in [4.78, 5) is 27.1. The second-order valence-electron chi connectivity index (χ2n) is 7.13. The number of halogens is 1. The zero-order valence-electron chi connectivity index (χ0n) is 14.5. The Morgan fingerprint density at radius 1 is 1.16 bits per heavy atom. The average Bonchev–Trinajstić information content (AvgIpc) is 2.65. The van der Waals surface area contributed by atoms with Crippen molar-refractivity contribution in [2.75, 3.05) is 26.2 Å². The van der Waals surface area contributed by atoms with Gasteiger partial charge in [-0.1, -0.05) is 43.0 Å². The number of rotatable bonds is 5. The fourth-order valence-electron chi connectivity index (χ4n) is 3.96. The highest BCUT2D eigenvalue weighted by Crippen LogP contribution is 2.20. The zero-order valence-corrected chi connectivity index (χ0v) is 15.3. The molecule has 136 valence electrons. The molecule has 2 fully saturated rings. The predicted molar refractivity (Wildman–Crippen MR) is 97.5 cm³/mol. The van der Waals surface area contributed by atoms with Crippen molar-refractivity contribution in [2.45, 2.75) is 44.2 Å². The monoisotopic (exact) mass is 364 g/mol. The SMILES string of the molecule is O=CN1CC[NH+](C(C(=O)NC2CCCCC2)c2ccc(Cl)cc2)CC1. The Bertz CT molecular complexity index is 579. The largest absolute Gasteiger partial charge is 0.348 e. The van der Waals surface area contributed by atoms with Gasteiger partial charge in [0.15, 0.2) is 6.04 Å². The minimum Gasteiger partial charge on any atom is -0.348 e. The molecule has 1 saturated heterocycles. The molecular formula is C19H27ClN3O2+. The van der Waals surface area contributed by atoms with Crippen LogP contribution in [-0.2, 0) is 9.59 Å². The summed E-state index contributed by atoms with van der Waals surface area (Å²) >= 11 is 6.02. The third-order valence-corrected chi connectivity index (χ3v) is 5.67. The first-order valence-electron chi connectivity index (χ1n) is 9.27. The van der Waals surface area contributed by atoms with Crippen molar-refractivity contribution in [1.29, 1.82) is 0 Å². The van der Waals surface area contributed by atoms with Gasteiger partial charge in [0.1, 0.15) is 0 Å². The number of hydrogen-bond acceptors (Lipinski definition) is 2. The lowest BCUT2D eigenvalue weighted by atomic mass is 9.94. The van der Waals surface area contributed by atoms with Crippen molar-refractivity contribution in [3.05, 3.63) is 34.9 Å². The lowest BCUT2D eigenvalue weighted by molar-refractivity contribution is -0.925. The molecule has 1 aliphatic carbocycles. The molecule has 1 heterocycles. The fraction of sp³-hybridized carbons (Fsp3) is 0.579. The van der Waals surface area contributed by atoms with Gasteiger partial charge in [-0.2, -0.15) is 0 Å². The van der Waals surface area contributed by atoms with Gasteiger partial charge in [0.2, 0.25) is 6.41 Å². The maximum Gasteiger partial charge on any atom is 0.283 e. The highest BCUT2D eigenvalue weighted by atomic mass is 35.5. The summed E-state index contributed by atoms with van der Waals surface area (Å²) in [5, 5.41) is 3.96. The molecule has 0 bridgehead atoms. The highest BCUT2D eigenvalue weighted by Gasteiger charge is 2.35. The topological polar surface area (TPSA) is 53.9 Å². The maximum atomic E-state index is 13.1. The normalized spacial score (nSPS) is 20.9. The van der Waals surface area contributed by atoms with Crippen LogP contribution in [-0.4, -0.2) is 49.4 Å². The second kappa shape index (κ2) is 8.68. The average molecular weight is 365 g/mol. The number of piperazine rings is 1. The van der Waals surface area contributed by atoms with E-state index in [0.29, 0.717) is 24.2 Å². The first-order valence-corrected chi connectivity index (χ1v) is 9.65. The second-order valence-corrected chi connectivity index (χ2v) is 7.56. The van der Waals surface area contributed by atoms with E-state index >= 15 is 0 Å². The van der Waals surface area contributed by atoms with Gasteiger partial charge in [-0.25, -0.2) is 0 Å². The molecule has 1 aromatic carbocycles. The lowest BCUT2D eigenvalue weighted by Gasteiger charge is -2.35. The fourth-order valence-corrected chi connectivity index (χ4v) is 4.09. The number of amides is 2. The van der Waals surface area contributed by atoms with Gasteiger partial charge in [-0.3, -0.25) is 9.59 Å². The van der Waals surface area contributed by atoms with E-state index in [1.54, 1.807) is 4.90 Å². The number of carbonyl (C=O) groups is 2. The third-order valence-electron chi connectivity index (χ3n) is 5.41. The number of quaternary nitrogens is 1. The van der Waals surface area contributed by atoms with E-state index in [9.17, 15) is 9.59 Å². The van der Waals surface area contributed by atoms with Gasteiger partial charge in [-0.05, 0) is 25.0 Å². The van der Waals surface area contributed by atoms with Crippen LogP contribution in [0.3, 0.4) is 0 Å². The van der Waals surface area contributed by atoms with Gasteiger partial charge in [-0.15, -0.1) is 0 Å². The van der Waals surface area contributed by atoms with Gasteiger partial charge in [0.25, 0.3) is 5.91 Å². The number of hydrogen-bond donors (Lipinski definition) is 2. The summed E-state index contributed by atoms with van der Waals surface area (Å²) in [5.41, 5.74) is 0.993. The summed E-state index contributed by atoms with van der Waals surface area (Å²) in [6.07, 6.45) is 6.71. The van der Waals surface area contributed by atoms with Crippen LogP contribution in [0.25, 0.3) is 0 Å². The summed E-state index contributed by atoms with van der Waals surface area (Å²) in [5.74, 6) is 0.101. The molecule has 2 N–H and O–H groups in total. The Balaban J connectivity index is 1.74. The Morgan fingerprint density at radius 3 is 2.40 bits per heavy atom. The van der Waals surface area contributed by atoms with Gasteiger partial charge >= 0.3 is 0 Å². The summed E-state index contributed by atoms with van der Waals surface area (Å²) in [6.45, 7) is 2.95. The van der Waals surface area contributed by atoms with E-state index in [4.69, 9.17) is 11.6 Å². The van der Waals surface area contributed by atoms with Crippen molar-refractivity contribution in [3.63, 3.8) is 0 Å². The molecule has 25 heavy (non-hydrogen) atoms. The number of nitrogens with zero attached hydrogens (tertiary/aromatic N) is 1. The van der Waals surface area contributed by atoms with Crippen molar-refractivity contribution in [2.24, 2.45) is 0 Å². The summed E-state index contributed by atoms with van der Waals surface area (Å²) < 4.78 is 0. The summed E-state index contributed by atoms with van der Waals surface area (Å²) in [7, 11) is 0. The molecule has 2 aliphatic rings. The van der Waals surface area contributed by atoms with Crippen LogP contribution in [0.5, 0.6) is 0 Å². The van der Waals surface area contributed by atoms with Crippen LogP contribution in [0.1, 0.15) is 43.7 Å². The van der Waals surface area contributed by atoms with Gasteiger partial charge in [0.05, 0.1) is 26.2 Å². The molecule has 5 nitrogen and oxygen atoms in total. The molecule has 1 aliphatic heterocycles. The van der Waals surface area contributed by atoms with E-state index < -0.39 is 0 Å². The van der Waals surface area contributed by atoms with Crippen molar-refractivity contribution < 1.29 is 14.5 Å². The third kappa shape index (κ3) is 4.73. The number of nitrogens with one attached hydrogen (secondary N) is 2. The Labute approximate surface area is 154 Å². The van der Waals surface area contributed by atoms with Crippen LogP contribution < -0.4 is 10.2 Å². The highest BCUT2D eigenvalue weighted by molar-refractivity contribution is 6.30. The zero-order chi connectivity index (χ0) is 17.6. The quantitative estimate of drug-likeness (QED) is 0.771. The molecular weight excluding hydrogens is 338 g/mol. The standard InChI is InChI=1S/C19H26ClN3O2/c20-16-8-6-15(7-9-16)18(23-12-10-22(14-24)11-13-23)19(25)21-17-4-2-1-3-5-17/h6-9,14,17-18H,1-5,10-13H2,(H,21,25)/p+1. The molecule has 1 saturated carbocycles. The molecule has 6 heteroatoms. The van der Waals surface area contributed by atoms with Gasteiger partial charge in [0, 0.05) is 16.6 Å². The van der Waals surface area contributed by atoms with E-state index in [1.807, 2.05) is 24.3 Å². The molecule has 1 aromatic rings. The van der Waals surface area contributed by atoms with E-state index in [1.165, 1.54) is 24.2 Å². The molecule has 1 atom stereocenters. The van der Waals surface area contributed by atoms with Crippen LogP contribution in [0.15, 0.2) is 24.3 Å². The van der Waals surface area contributed by atoms with E-state index in [-0.39, 0.29) is 11.9 Å². The molecule has 0 spiro atoms. The molecule has 1 unspecified atom stereocenters. The van der Waals surface area contributed by atoms with E-state index in [0.717, 1.165) is 37.9 Å². The summed E-state index contributed by atoms with van der Waals surface area (Å²) in [6, 6.07) is 7.65. The van der Waals surface area contributed by atoms with Crippen molar-refractivity contribution in [1.82, 2.24) is 10.2 Å². The predicted octanol–water partition coefficient (Wildman–Crippen LogP) is 1.19. The molecule has 3 rings (SSSR count). The molecule has 2 amide bonds. The van der Waals surface area contributed by atoms with Crippen LogP contribution in [0.2, 0.25) is 5.02 Å². The Morgan fingerprint density at radius 2 is 1.80 bits per heavy atom. The smallest absolute Gasteiger partial charge is 0.283 e. The first kappa shape index (κ1) is 18.2. The number of carbonyl (C=O) groups excluding carboxylic acids is 2. The molecule has 0 radical (unpaired) electrons.